The molecule has 2 aliphatic heterocycles. The molecule has 2 aromatic rings. The van der Waals surface area contributed by atoms with Crippen molar-refractivity contribution in [1.82, 2.24) is 10.2 Å². The van der Waals surface area contributed by atoms with Crippen LogP contribution in [0.4, 0.5) is 13.5 Å². The zero-order valence-electron chi connectivity index (χ0n) is 18.3. The molecule has 1 amide bonds. The van der Waals surface area contributed by atoms with Gasteiger partial charge in [0.25, 0.3) is 0 Å². The van der Waals surface area contributed by atoms with E-state index in [9.17, 15) is 13.6 Å². The number of nitrogens with zero attached hydrogens (tertiary/aromatic N) is 1. The van der Waals surface area contributed by atoms with E-state index in [1.54, 1.807) is 12.1 Å². The summed E-state index contributed by atoms with van der Waals surface area (Å²) in [6.07, 6.45) is 7.36. The van der Waals surface area contributed by atoms with Gasteiger partial charge in [0, 0.05) is 31.1 Å². The maximum Gasteiger partial charge on any atom is 0.227 e. The highest BCUT2D eigenvalue weighted by Crippen LogP contribution is 2.51. The fraction of sp³-hybridized carbons (Fsp3) is 0.500. The van der Waals surface area contributed by atoms with E-state index in [2.05, 4.69) is 10.2 Å². The number of piperidine rings is 1. The predicted molar refractivity (Wildman–Crippen MR) is 119 cm³/mol. The number of hydrogen-bond donors (Lipinski definition) is 1. The van der Waals surface area contributed by atoms with Crippen LogP contribution in [0.3, 0.4) is 0 Å². The lowest BCUT2D eigenvalue weighted by Crippen LogP contribution is -2.54. The molecule has 32 heavy (non-hydrogen) atoms. The smallest absolute Gasteiger partial charge is 0.227 e. The van der Waals surface area contributed by atoms with Gasteiger partial charge in [-0.15, -0.1) is 0 Å². The van der Waals surface area contributed by atoms with Gasteiger partial charge in [0.15, 0.2) is 0 Å². The Morgan fingerprint density at radius 1 is 0.812 bits per heavy atom. The molecule has 3 aliphatic rings. The first-order chi connectivity index (χ1) is 15.0. The maximum absolute atomic E-state index is 13.6. The predicted octanol–water partition coefficient (Wildman–Crippen LogP) is 5.27. The zero-order valence-corrected chi connectivity index (χ0v) is 18.3. The van der Waals surface area contributed by atoms with E-state index >= 15 is 0 Å². The summed E-state index contributed by atoms with van der Waals surface area (Å²) in [5.41, 5.74) is 1.76. The second-order valence-corrected chi connectivity index (χ2v) is 9.56. The van der Waals surface area contributed by atoms with Crippen molar-refractivity contribution in [3.05, 3.63) is 71.3 Å². The molecule has 5 rings (SSSR count). The molecule has 0 radical (unpaired) electrons. The fourth-order valence-electron chi connectivity index (χ4n) is 6.45. The Morgan fingerprint density at radius 2 is 1.38 bits per heavy atom. The second-order valence-electron chi connectivity index (χ2n) is 9.56. The molecular weight excluding hydrogens is 413 g/mol. The molecule has 0 bridgehead atoms. The second kappa shape index (κ2) is 8.89. The van der Waals surface area contributed by atoms with E-state index in [4.69, 9.17) is 0 Å². The molecule has 6 heteroatoms. The van der Waals surface area contributed by atoms with Crippen molar-refractivity contribution in [2.75, 3.05) is 19.6 Å². The largest absolute Gasteiger partial charge is 0.355 e. The SMILES string of the molecule is F.O=C1NCC(c2ccc(F)cc2)C12CCN(C1(c3ccc(F)cc3)CCCCC1)CC2. The van der Waals surface area contributed by atoms with Crippen molar-refractivity contribution in [2.45, 2.75) is 56.4 Å². The number of rotatable bonds is 3. The van der Waals surface area contributed by atoms with E-state index in [0.29, 0.717) is 6.54 Å². The average Bonchev–Trinajstić information content (AvgIpc) is 3.11. The number of halogens is 3. The van der Waals surface area contributed by atoms with Crippen LogP contribution in [0.15, 0.2) is 48.5 Å². The van der Waals surface area contributed by atoms with E-state index < -0.39 is 5.41 Å². The van der Waals surface area contributed by atoms with Crippen LogP contribution in [-0.2, 0) is 10.3 Å². The standard InChI is InChI=1S/C26H30F2N2O.FH/c27-21-8-4-19(5-9-21)23-18-29-24(31)25(23)14-16-30(17-15-25)26(12-2-1-3-13-26)20-6-10-22(28)11-7-20;/h4-11,23H,1-3,12-18H2,(H,29,31);1H. The highest BCUT2D eigenvalue weighted by molar-refractivity contribution is 5.86. The minimum atomic E-state index is -0.424. The van der Waals surface area contributed by atoms with Gasteiger partial charge < -0.3 is 5.32 Å². The van der Waals surface area contributed by atoms with Crippen LogP contribution in [0.5, 0.6) is 0 Å². The summed E-state index contributed by atoms with van der Waals surface area (Å²) in [6, 6.07) is 13.7. The van der Waals surface area contributed by atoms with Crippen molar-refractivity contribution in [1.29, 1.82) is 0 Å². The molecule has 3 nitrogen and oxygen atoms in total. The first kappa shape index (κ1) is 22.8. The lowest BCUT2D eigenvalue weighted by atomic mass is 9.66. The van der Waals surface area contributed by atoms with Gasteiger partial charge in [0.05, 0.1) is 5.41 Å². The highest BCUT2D eigenvalue weighted by Gasteiger charge is 2.54. The summed E-state index contributed by atoms with van der Waals surface area (Å²) in [5.74, 6) is -0.225. The van der Waals surface area contributed by atoms with Gasteiger partial charge in [0.2, 0.25) is 5.91 Å². The Bertz CT molecular complexity index is 931. The number of hydrogen-bond acceptors (Lipinski definition) is 2. The minimum absolute atomic E-state index is 0. The molecule has 2 saturated heterocycles. The zero-order chi connectivity index (χ0) is 21.5. The van der Waals surface area contributed by atoms with Crippen LogP contribution < -0.4 is 5.32 Å². The third kappa shape index (κ3) is 3.72. The van der Waals surface area contributed by atoms with Crippen molar-refractivity contribution < 1.29 is 18.3 Å². The topological polar surface area (TPSA) is 32.3 Å². The van der Waals surface area contributed by atoms with Gasteiger partial charge in [0.1, 0.15) is 11.6 Å². The van der Waals surface area contributed by atoms with E-state index in [0.717, 1.165) is 44.3 Å². The minimum Gasteiger partial charge on any atom is -0.355 e. The van der Waals surface area contributed by atoms with Gasteiger partial charge in [-0.1, -0.05) is 43.5 Å². The molecule has 1 atom stereocenters. The van der Waals surface area contributed by atoms with Crippen molar-refractivity contribution >= 4 is 5.91 Å². The molecule has 1 saturated carbocycles. The highest BCUT2D eigenvalue weighted by atomic mass is 19.1. The van der Waals surface area contributed by atoms with Gasteiger partial charge in [-0.3, -0.25) is 14.4 Å². The summed E-state index contributed by atoms with van der Waals surface area (Å²) >= 11 is 0. The number of nitrogens with one attached hydrogen (secondary N) is 1. The third-order valence-electron chi connectivity index (χ3n) is 8.18. The monoisotopic (exact) mass is 444 g/mol. The first-order valence-electron chi connectivity index (χ1n) is 11.6. The molecule has 3 fully saturated rings. The van der Waals surface area contributed by atoms with Gasteiger partial charge >= 0.3 is 0 Å². The molecular formula is C26H31F3N2O. The van der Waals surface area contributed by atoms with E-state index in [1.165, 1.54) is 37.0 Å². The summed E-state index contributed by atoms with van der Waals surface area (Å²) in [4.78, 5) is 15.6. The lowest BCUT2D eigenvalue weighted by Gasteiger charge is -2.52. The number of likely N-dealkylation sites (tertiary alicyclic amines) is 1. The van der Waals surface area contributed by atoms with Gasteiger partial charge in [-0.05, 0) is 61.1 Å². The molecule has 2 heterocycles. The molecule has 1 aliphatic carbocycles. The normalized spacial score (nSPS) is 24.7. The molecule has 1 spiro atoms. The molecule has 2 aromatic carbocycles. The third-order valence-corrected chi connectivity index (χ3v) is 8.18. The lowest BCUT2D eigenvalue weighted by molar-refractivity contribution is -0.132. The van der Waals surface area contributed by atoms with E-state index in [1.807, 2.05) is 24.3 Å². The van der Waals surface area contributed by atoms with Crippen molar-refractivity contribution in [3.8, 4) is 0 Å². The van der Waals surface area contributed by atoms with Crippen LogP contribution in [-0.4, -0.2) is 30.4 Å². The first-order valence-corrected chi connectivity index (χ1v) is 11.6. The average molecular weight is 445 g/mol. The van der Waals surface area contributed by atoms with E-state index in [-0.39, 0.29) is 33.7 Å². The summed E-state index contributed by atoms with van der Waals surface area (Å²) in [5, 5.41) is 3.09. The fourth-order valence-corrected chi connectivity index (χ4v) is 6.45. The van der Waals surface area contributed by atoms with Crippen LogP contribution in [0.25, 0.3) is 0 Å². The Kier molecular flexibility index (Phi) is 6.35. The van der Waals surface area contributed by atoms with Crippen molar-refractivity contribution in [2.24, 2.45) is 5.41 Å². The number of carbonyl (C=O) groups is 1. The van der Waals surface area contributed by atoms with Crippen LogP contribution in [0, 0.1) is 17.0 Å². The Balaban J connectivity index is 0.00000245. The molecule has 0 aromatic heterocycles. The summed E-state index contributed by atoms with van der Waals surface area (Å²) in [7, 11) is 0. The Morgan fingerprint density at radius 3 is 1.97 bits per heavy atom. The molecule has 1 N–H and O–H groups in total. The summed E-state index contributed by atoms with van der Waals surface area (Å²) < 4.78 is 27.1. The van der Waals surface area contributed by atoms with Crippen LogP contribution in [0.2, 0.25) is 0 Å². The van der Waals surface area contributed by atoms with Crippen LogP contribution in [0.1, 0.15) is 62.0 Å². The number of benzene rings is 2. The molecule has 172 valence electrons. The number of amides is 1. The van der Waals surface area contributed by atoms with Crippen molar-refractivity contribution in [3.63, 3.8) is 0 Å². The quantitative estimate of drug-likeness (QED) is 0.699. The maximum atomic E-state index is 13.6. The Labute approximate surface area is 187 Å². The van der Waals surface area contributed by atoms with Gasteiger partial charge in [-0.2, -0.15) is 0 Å². The summed E-state index contributed by atoms with van der Waals surface area (Å²) in [6.45, 7) is 2.32. The van der Waals surface area contributed by atoms with Gasteiger partial charge in [-0.25, -0.2) is 8.78 Å². The number of carbonyl (C=O) groups excluding carboxylic acids is 1. The van der Waals surface area contributed by atoms with Crippen LogP contribution >= 0.6 is 0 Å². The molecule has 1 unspecified atom stereocenters. The Hall–Kier alpha value is -2.34.